The molecular formula is C55H106N2O5. The number of aliphatic hydroxyl groups is 1. The van der Waals surface area contributed by atoms with E-state index in [1.54, 1.807) is 0 Å². The molecule has 0 amide bonds. The van der Waals surface area contributed by atoms with Gasteiger partial charge in [0.05, 0.1) is 19.8 Å². The number of unbranched alkanes of at least 4 members (excludes halogenated alkanes) is 17. The predicted octanol–water partition coefficient (Wildman–Crippen LogP) is 14.8. The van der Waals surface area contributed by atoms with E-state index in [2.05, 4.69) is 37.5 Å². The Balaban J connectivity index is 2.01. The molecule has 2 atom stereocenters. The van der Waals surface area contributed by atoms with Gasteiger partial charge in [0.1, 0.15) is 0 Å². The van der Waals surface area contributed by atoms with Gasteiger partial charge in [-0.05, 0) is 82.6 Å². The third-order valence-electron chi connectivity index (χ3n) is 14.8. The highest BCUT2D eigenvalue weighted by molar-refractivity contribution is 5.70. The third-order valence-corrected chi connectivity index (χ3v) is 14.8. The standard InChI is InChI=1S/C55H106N2O5/c1-5-9-13-17-19-24-33-49(31-22-15-11-7-3)45-54(59)61-47-51(48-62-55(60)46-50(32-23-16-12-8-4)34-25-20-18-14-10-6-2)35-28-29-40-56(53-38-30-39-53)41-42-57(43-44-58)52-36-26-21-27-37-52/h49-53,58H,5-48H2,1-4H3. The van der Waals surface area contributed by atoms with Gasteiger partial charge in [0.2, 0.25) is 0 Å². The first-order valence-electron chi connectivity index (χ1n) is 27.8. The normalized spacial score (nSPS) is 16.4. The first-order valence-corrected chi connectivity index (χ1v) is 27.8. The van der Waals surface area contributed by atoms with Crippen LogP contribution in [0.4, 0.5) is 0 Å². The molecule has 2 fully saturated rings. The topological polar surface area (TPSA) is 79.3 Å². The first kappa shape index (κ1) is 56.9. The Bertz CT molecular complexity index is 966. The molecule has 0 aromatic rings. The lowest BCUT2D eigenvalue weighted by molar-refractivity contribution is -0.150. The molecule has 1 N–H and O–H groups in total. The maximum absolute atomic E-state index is 13.5. The van der Waals surface area contributed by atoms with Gasteiger partial charge in [0, 0.05) is 50.5 Å². The second kappa shape index (κ2) is 40.1. The summed E-state index contributed by atoms with van der Waals surface area (Å²) in [6, 6.07) is 1.32. The summed E-state index contributed by atoms with van der Waals surface area (Å²) in [5.74, 6) is 0.744. The van der Waals surface area contributed by atoms with E-state index in [4.69, 9.17) is 9.47 Å². The smallest absolute Gasteiger partial charge is 0.306 e. The number of hydrogen-bond acceptors (Lipinski definition) is 7. The number of carbonyl (C=O) groups is 2. The Morgan fingerprint density at radius 3 is 1.19 bits per heavy atom. The number of nitrogens with zero attached hydrogens (tertiary/aromatic N) is 2. The molecule has 62 heavy (non-hydrogen) atoms. The SMILES string of the molecule is CCCCCCCCC(CCCCCC)CC(=O)OCC(CCCCN(CCN(CCO)C1CCCCC1)C1CCC1)COC(=O)CC(CCCCCC)CCCCCCCC. The van der Waals surface area contributed by atoms with Crippen LogP contribution in [0, 0.1) is 17.8 Å². The Hall–Kier alpha value is -1.18. The van der Waals surface area contributed by atoms with E-state index < -0.39 is 0 Å². The van der Waals surface area contributed by atoms with Gasteiger partial charge in [-0.15, -0.1) is 0 Å². The lowest BCUT2D eigenvalue weighted by Crippen LogP contribution is -2.47. The van der Waals surface area contributed by atoms with E-state index in [1.165, 1.54) is 180 Å². The molecule has 0 aliphatic heterocycles. The van der Waals surface area contributed by atoms with E-state index in [1.807, 2.05) is 0 Å². The number of ether oxygens (including phenoxy) is 2. The monoisotopic (exact) mass is 875 g/mol. The maximum Gasteiger partial charge on any atom is 0.306 e. The molecule has 0 radical (unpaired) electrons. The van der Waals surface area contributed by atoms with E-state index in [9.17, 15) is 14.7 Å². The number of esters is 2. The molecule has 0 bridgehead atoms. The van der Waals surface area contributed by atoms with E-state index in [0.717, 1.165) is 71.1 Å². The Kier molecular flexibility index (Phi) is 36.9. The summed E-state index contributed by atoms with van der Waals surface area (Å²) in [7, 11) is 0. The van der Waals surface area contributed by atoms with Crippen molar-refractivity contribution in [2.45, 2.75) is 277 Å². The van der Waals surface area contributed by atoms with Crippen molar-refractivity contribution in [3.05, 3.63) is 0 Å². The summed E-state index contributed by atoms with van der Waals surface area (Å²) in [6.07, 6.45) is 44.5. The Labute approximate surface area is 385 Å². The average molecular weight is 875 g/mol. The largest absolute Gasteiger partial charge is 0.465 e. The lowest BCUT2D eigenvalue weighted by Gasteiger charge is -2.40. The van der Waals surface area contributed by atoms with Crippen LogP contribution in [-0.2, 0) is 19.1 Å². The third kappa shape index (κ3) is 29.4. The maximum atomic E-state index is 13.5. The molecule has 7 nitrogen and oxygen atoms in total. The number of hydrogen-bond donors (Lipinski definition) is 1. The minimum atomic E-state index is -0.0551. The van der Waals surface area contributed by atoms with Crippen LogP contribution in [-0.4, -0.2) is 84.9 Å². The molecule has 0 heterocycles. The molecule has 0 saturated heterocycles. The van der Waals surface area contributed by atoms with Crippen LogP contribution < -0.4 is 0 Å². The second-order valence-corrected chi connectivity index (χ2v) is 20.4. The molecule has 366 valence electrons. The van der Waals surface area contributed by atoms with Gasteiger partial charge in [-0.3, -0.25) is 19.4 Å². The number of rotatable bonds is 44. The first-order chi connectivity index (χ1) is 30.4. The summed E-state index contributed by atoms with van der Waals surface area (Å²) in [6.45, 7) is 14.0. The fraction of sp³-hybridized carbons (Fsp3) is 0.964. The molecule has 0 aromatic heterocycles. The van der Waals surface area contributed by atoms with Crippen molar-refractivity contribution in [3.8, 4) is 0 Å². The average Bonchev–Trinajstić information content (AvgIpc) is 3.26. The zero-order chi connectivity index (χ0) is 44.7. The van der Waals surface area contributed by atoms with Crippen LogP contribution in [0.1, 0.15) is 265 Å². The van der Waals surface area contributed by atoms with Crippen LogP contribution >= 0.6 is 0 Å². The van der Waals surface area contributed by atoms with Crippen molar-refractivity contribution in [2.75, 3.05) is 46.0 Å². The zero-order valence-corrected chi connectivity index (χ0v) is 42.0. The van der Waals surface area contributed by atoms with Gasteiger partial charge in [0.15, 0.2) is 0 Å². The number of aliphatic hydroxyl groups excluding tert-OH is 1. The van der Waals surface area contributed by atoms with Crippen LogP contribution in [0.25, 0.3) is 0 Å². The quantitative estimate of drug-likeness (QED) is 0.0482. The molecule has 2 saturated carbocycles. The Morgan fingerprint density at radius 2 is 0.790 bits per heavy atom. The second-order valence-electron chi connectivity index (χ2n) is 20.4. The minimum Gasteiger partial charge on any atom is -0.465 e. The van der Waals surface area contributed by atoms with Crippen molar-refractivity contribution in [1.29, 1.82) is 0 Å². The molecule has 0 aromatic carbocycles. The van der Waals surface area contributed by atoms with Gasteiger partial charge in [-0.1, -0.05) is 188 Å². The molecule has 2 aliphatic rings. The van der Waals surface area contributed by atoms with E-state index in [-0.39, 0.29) is 24.5 Å². The van der Waals surface area contributed by atoms with Gasteiger partial charge < -0.3 is 14.6 Å². The molecular weight excluding hydrogens is 769 g/mol. The molecule has 2 aliphatic carbocycles. The fourth-order valence-electron chi connectivity index (χ4n) is 10.4. The lowest BCUT2D eigenvalue weighted by atomic mass is 9.91. The van der Waals surface area contributed by atoms with Crippen molar-refractivity contribution in [2.24, 2.45) is 17.8 Å². The summed E-state index contributed by atoms with van der Waals surface area (Å²) < 4.78 is 12.3. The summed E-state index contributed by atoms with van der Waals surface area (Å²) >= 11 is 0. The van der Waals surface area contributed by atoms with Crippen molar-refractivity contribution < 1.29 is 24.2 Å². The summed E-state index contributed by atoms with van der Waals surface area (Å²) in [4.78, 5) is 32.3. The van der Waals surface area contributed by atoms with Gasteiger partial charge in [0.25, 0.3) is 0 Å². The predicted molar refractivity (Wildman–Crippen MR) is 264 cm³/mol. The van der Waals surface area contributed by atoms with Crippen LogP contribution in [0.5, 0.6) is 0 Å². The van der Waals surface area contributed by atoms with Crippen LogP contribution in [0.2, 0.25) is 0 Å². The summed E-state index contributed by atoms with van der Waals surface area (Å²) in [5, 5.41) is 9.89. The van der Waals surface area contributed by atoms with Crippen molar-refractivity contribution in [1.82, 2.24) is 9.80 Å². The van der Waals surface area contributed by atoms with Gasteiger partial charge in [-0.25, -0.2) is 0 Å². The van der Waals surface area contributed by atoms with Crippen LogP contribution in [0.15, 0.2) is 0 Å². The van der Waals surface area contributed by atoms with E-state index in [0.29, 0.717) is 50.0 Å². The van der Waals surface area contributed by atoms with E-state index >= 15 is 0 Å². The number of carbonyl (C=O) groups excluding carboxylic acids is 2. The molecule has 2 rings (SSSR count). The fourth-order valence-corrected chi connectivity index (χ4v) is 10.4. The highest BCUT2D eigenvalue weighted by Crippen LogP contribution is 2.28. The molecule has 7 heteroatoms. The molecule has 0 spiro atoms. The van der Waals surface area contributed by atoms with Gasteiger partial charge in [-0.2, -0.15) is 0 Å². The Morgan fingerprint density at radius 1 is 0.435 bits per heavy atom. The van der Waals surface area contributed by atoms with Crippen molar-refractivity contribution >= 4 is 11.9 Å². The summed E-state index contributed by atoms with van der Waals surface area (Å²) in [5.41, 5.74) is 0. The van der Waals surface area contributed by atoms with Gasteiger partial charge >= 0.3 is 11.9 Å². The molecule has 2 unspecified atom stereocenters. The van der Waals surface area contributed by atoms with Crippen molar-refractivity contribution in [3.63, 3.8) is 0 Å². The zero-order valence-electron chi connectivity index (χ0n) is 42.0. The highest BCUT2D eigenvalue weighted by Gasteiger charge is 2.27. The minimum absolute atomic E-state index is 0.0366. The van der Waals surface area contributed by atoms with Crippen LogP contribution in [0.3, 0.4) is 0 Å². The highest BCUT2D eigenvalue weighted by atomic mass is 16.5.